The minimum atomic E-state index is 0. The molecule has 2 atom stereocenters. The maximum atomic E-state index is 12.7. The molecule has 2 aliphatic heterocycles. The van der Waals surface area contributed by atoms with Gasteiger partial charge in [0.15, 0.2) is 5.96 Å². The summed E-state index contributed by atoms with van der Waals surface area (Å²) in [6.45, 7) is 5.23. The quantitative estimate of drug-likeness (QED) is 0.344. The predicted octanol–water partition coefficient (Wildman–Crippen LogP) is 2.43. The Morgan fingerprint density at radius 2 is 1.79 bits per heavy atom. The molecule has 4 rings (SSSR count). The summed E-state index contributed by atoms with van der Waals surface area (Å²) in [5.74, 6) is 2.31. The molecule has 0 aromatic rings. The van der Waals surface area contributed by atoms with Gasteiger partial charge in [-0.2, -0.15) is 0 Å². The molecule has 2 saturated carbocycles. The van der Waals surface area contributed by atoms with E-state index >= 15 is 0 Å². The first-order valence-electron chi connectivity index (χ1n) is 11.2. The second-order valence-electron chi connectivity index (χ2n) is 9.08. The third-order valence-electron chi connectivity index (χ3n) is 6.96. The molecule has 28 heavy (non-hydrogen) atoms. The van der Waals surface area contributed by atoms with Crippen molar-refractivity contribution in [3.8, 4) is 0 Å². The SMILES string of the molecule is CN=C(NCC1CCN(C2CC2)C1)NC1CCN(C(=O)C2CCCCC2)C1.I. The van der Waals surface area contributed by atoms with Gasteiger partial charge in [0.2, 0.25) is 5.91 Å². The van der Waals surface area contributed by atoms with Crippen molar-refractivity contribution in [3.05, 3.63) is 0 Å². The number of rotatable bonds is 5. The van der Waals surface area contributed by atoms with Crippen LogP contribution >= 0.6 is 24.0 Å². The zero-order valence-corrected chi connectivity index (χ0v) is 19.7. The van der Waals surface area contributed by atoms with E-state index in [0.29, 0.717) is 11.9 Å². The summed E-state index contributed by atoms with van der Waals surface area (Å²) >= 11 is 0. The third kappa shape index (κ3) is 5.74. The molecule has 7 heteroatoms. The van der Waals surface area contributed by atoms with Gasteiger partial charge >= 0.3 is 0 Å². The molecule has 2 N–H and O–H groups in total. The molecular weight excluding hydrogens is 465 g/mol. The Balaban J connectivity index is 0.00000225. The Morgan fingerprint density at radius 3 is 2.50 bits per heavy atom. The maximum absolute atomic E-state index is 12.7. The first kappa shape index (κ1) is 22.1. The minimum Gasteiger partial charge on any atom is -0.356 e. The van der Waals surface area contributed by atoms with Crippen LogP contribution in [-0.2, 0) is 4.79 Å². The Morgan fingerprint density at radius 1 is 1.00 bits per heavy atom. The minimum absolute atomic E-state index is 0. The van der Waals surface area contributed by atoms with Crippen LogP contribution in [-0.4, -0.2) is 73.5 Å². The molecule has 0 radical (unpaired) electrons. The number of carbonyl (C=O) groups is 1. The monoisotopic (exact) mass is 503 g/mol. The molecule has 1 amide bonds. The fraction of sp³-hybridized carbons (Fsp3) is 0.905. The second-order valence-corrected chi connectivity index (χ2v) is 9.08. The summed E-state index contributed by atoms with van der Waals surface area (Å²) in [6, 6.07) is 1.22. The van der Waals surface area contributed by atoms with Crippen LogP contribution in [0.2, 0.25) is 0 Å². The molecule has 0 bridgehead atoms. The van der Waals surface area contributed by atoms with E-state index in [0.717, 1.165) is 56.8 Å². The van der Waals surface area contributed by atoms with Crippen molar-refractivity contribution in [1.29, 1.82) is 0 Å². The van der Waals surface area contributed by atoms with Crippen molar-refractivity contribution >= 4 is 35.8 Å². The maximum Gasteiger partial charge on any atom is 0.225 e. The van der Waals surface area contributed by atoms with Crippen LogP contribution in [0.25, 0.3) is 0 Å². The summed E-state index contributed by atoms with van der Waals surface area (Å²) in [6.07, 6.45) is 11.1. The third-order valence-corrected chi connectivity index (χ3v) is 6.96. The number of guanidine groups is 1. The highest BCUT2D eigenvalue weighted by molar-refractivity contribution is 14.0. The summed E-state index contributed by atoms with van der Waals surface area (Å²) in [7, 11) is 1.85. The molecule has 2 unspecified atom stereocenters. The number of nitrogens with zero attached hydrogens (tertiary/aromatic N) is 3. The molecular formula is C21H38IN5O. The average Bonchev–Trinajstić information content (AvgIpc) is 3.27. The van der Waals surface area contributed by atoms with Gasteiger partial charge in [0.25, 0.3) is 0 Å². The van der Waals surface area contributed by atoms with Crippen LogP contribution in [0.5, 0.6) is 0 Å². The lowest BCUT2D eigenvalue weighted by molar-refractivity contribution is -0.135. The Kier molecular flexibility index (Phi) is 8.26. The molecule has 160 valence electrons. The number of aliphatic imine (C=N–C) groups is 1. The lowest BCUT2D eigenvalue weighted by Crippen LogP contribution is -2.46. The number of likely N-dealkylation sites (tertiary alicyclic amines) is 2. The van der Waals surface area contributed by atoms with Gasteiger partial charge in [-0.25, -0.2) is 0 Å². The van der Waals surface area contributed by atoms with Gasteiger partial charge in [0.1, 0.15) is 0 Å². The molecule has 4 fully saturated rings. The fourth-order valence-electron chi connectivity index (χ4n) is 5.12. The van der Waals surface area contributed by atoms with Crippen LogP contribution in [0.1, 0.15) is 57.8 Å². The van der Waals surface area contributed by atoms with Crippen LogP contribution in [0, 0.1) is 11.8 Å². The number of amides is 1. The van der Waals surface area contributed by atoms with Gasteiger partial charge < -0.3 is 20.4 Å². The zero-order valence-electron chi connectivity index (χ0n) is 17.4. The van der Waals surface area contributed by atoms with Crippen molar-refractivity contribution in [2.45, 2.75) is 69.9 Å². The van der Waals surface area contributed by atoms with E-state index in [-0.39, 0.29) is 29.9 Å². The van der Waals surface area contributed by atoms with Crippen LogP contribution in [0.15, 0.2) is 4.99 Å². The largest absolute Gasteiger partial charge is 0.356 e. The lowest BCUT2D eigenvalue weighted by Gasteiger charge is -2.26. The number of hydrogen-bond acceptors (Lipinski definition) is 3. The fourth-order valence-corrected chi connectivity index (χ4v) is 5.12. The first-order chi connectivity index (χ1) is 13.2. The van der Waals surface area contributed by atoms with E-state index in [9.17, 15) is 4.79 Å². The normalized spacial score (nSPS) is 29.6. The van der Waals surface area contributed by atoms with E-state index in [2.05, 4.69) is 25.4 Å². The van der Waals surface area contributed by atoms with Crippen molar-refractivity contribution in [2.24, 2.45) is 16.8 Å². The Hall–Kier alpha value is -0.570. The Labute approximate surface area is 187 Å². The number of nitrogens with one attached hydrogen (secondary N) is 2. The zero-order chi connectivity index (χ0) is 18.6. The van der Waals surface area contributed by atoms with Gasteiger partial charge in [-0.1, -0.05) is 19.3 Å². The highest BCUT2D eigenvalue weighted by atomic mass is 127. The van der Waals surface area contributed by atoms with Gasteiger partial charge in [0.05, 0.1) is 0 Å². The van der Waals surface area contributed by atoms with Crippen LogP contribution < -0.4 is 10.6 Å². The van der Waals surface area contributed by atoms with E-state index in [1.807, 2.05) is 7.05 Å². The molecule has 4 aliphatic rings. The predicted molar refractivity (Wildman–Crippen MR) is 124 cm³/mol. The van der Waals surface area contributed by atoms with E-state index in [1.165, 1.54) is 51.6 Å². The number of hydrogen-bond donors (Lipinski definition) is 2. The highest BCUT2D eigenvalue weighted by Crippen LogP contribution is 2.31. The molecule has 2 saturated heterocycles. The van der Waals surface area contributed by atoms with Gasteiger partial charge in [0, 0.05) is 51.2 Å². The summed E-state index contributed by atoms with van der Waals surface area (Å²) in [5.41, 5.74) is 0. The first-order valence-corrected chi connectivity index (χ1v) is 11.2. The van der Waals surface area contributed by atoms with Gasteiger partial charge in [-0.15, -0.1) is 24.0 Å². The topological polar surface area (TPSA) is 60.0 Å². The average molecular weight is 503 g/mol. The van der Waals surface area contributed by atoms with Crippen molar-refractivity contribution < 1.29 is 4.79 Å². The molecule has 6 nitrogen and oxygen atoms in total. The van der Waals surface area contributed by atoms with Crippen molar-refractivity contribution in [1.82, 2.24) is 20.4 Å². The van der Waals surface area contributed by atoms with Crippen molar-refractivity contribution in [3.63, 3.8) is 0 Å². The number of carbonyl (C=O) groups excluding carboxylic acids is 1. The molecule has 2 heterocycles. The summed E-state index contributed by atoms with van der Waals surface area (Å²) < 4.78 is 0. The lowest BCUT2D eigenvalue weighted by atomic mass is 9.88. The van der Waals surface area contributed by atoms with Gasteiger partial charge in [-0.3, -0.25) is 9.79 Å². The smallest absolute Gasteiger partial charge is 0.225 e. The second kappa shape index (κ2) is 10.5. The number of halogens is 1. The van der Waals surface area contributed by atoms with Gasteiger partial charge in [-0.05, 0) is 51.0 Å². The molecule has 0 spiro atoms. The van der Waals surface area contributed by atoms with Crippen molar-refractivity contribution in [2.75, 3.05) is 39.8 Å². The Bertz CT molecular complexity index is 547. The summed E-state index contributed by atoms with van der Waals surface area (Å²) in [5, 5.41) is 7.09. The van der Waals surface area contributed by atoms with E-state index < -0.39 is 0 Å². The highest BCUT2D eigenvalue weighted by Gasteiger charge is 2.35. The standard InChI is InChI=1S/C21H37N5O.HI/c1-22-21(23-13-16-9-11-25(14-16)19-7-8-19)24-18-10-12-26(15-18)20(27)17-5-3-2-4-6-17;/h16-19H,2-15H2,1H3,(H2,22,23,24);1H. The van der Waals surface area contributed by atoms with Crippen LogP contribution in [0.3, 0.4) is 0 Å². The molecule has 0 aromatic carbocycles. The summed E-state index contributed by atoms with van der Waals surface area (Å²) in [4.78, 5) is 21.9. The van der Waals surface area contributed by atoms with E-state index in [4.69, 9.17) is 0 Å². The molecule has 0 aromatic heterocycles. The van der Waals surface area contributed by atoms with Crippen LogP contribution in [0.4, 0.5) is 0 Å². The van der Waals surface area contributed by atoms with E-state index in [1.54, 1.807) is 0 Å². The molecule has 2 aliphatic carbocycles.